The Balaban J connectivity index is 2.24. The van der Waals surface area contributed by atoms with E-state index in [1.165, 1.54) is 17.0 Å². The monoisotopic (exact) mass is 220 g/mol. The SMILES string of the molecule is FC(F)(F)c1nccn1C1CCOCC1. The Morgan fingerprint density at radius 3 is 2.60 bits per heavy atom. The van der Waals surface area contributed by atoms with Crippen molar-refractivity contribution in [1.82, 2.24) is 9.55 Å². The highest BCUT2D eigenvalue weighted by atomic mass is 19.4. The van der Waals surface area contributed by atoms with Gasteiger partial charge in [-0.1, -0.05) is 0 Å². The zero-order valence-electron chi connectivity index (χ0n) is 8.00. The molecule has 1 aromatic rings. The summed E-state index contributed by atoms with van der Waals surface area (Å²) >= 11 is 0. The van der Waals surface area contributed by atoms with Crippen molar-refractivity contribution in [2.24, 2.45) is 0 Å². The summed E-state index contributed by atoms with van der Waals surface area (Å²) in [5.41, 5.74) is 0. The number of nitrogens with zero attached hydrogens (tertiary/aromatic N) is 2. The minimum atomic E-state index is -4.37. The topological polar surface area (TPSA) is 27.1 Å². The molecular weight excluding hydrogens is 209 g/mol. The molecule has 0 N–H and O–H groups in total. The van der Waals surface area contributed by atoms with Gasteiger partial charge in [0.25, 0.3) is 0 Å². The first-order valence-corrected chi connectivity index (χ1v) is 4.77. The van der Waals surface area contributed by atoms with Gasteiger partial charge in [-0.2, -0.15) is 13.2 Å². The molecule has 0 radical (unpaired) electrons. The number of hydrogen-bond acceptors (Lipinski definition) is 2. The van der Waals surface area contributed by atoms with Crippen LogP contribution in [0.25, 0.3) is 0 Å². The van der Waals surface area contributed by atoms with Crippen LogP contribution in [0.3, 0.4) is 0 Å². The van der Waals surface area contributed by atoms with Crippen molar-refractivity contribution in [3.05, 3.63) is 18.2 Å². The third kappa shape index (κ3) is 2.14. The smallest absolute Gasteiger partial charge is 0.381 e. The number of hydrogen-bond donors (Lipinski definition) is 0. The number of alkyl halides is 3. The number of halogens is 3. The lowest BCUT2D eigenvalue weighted by Gasteiger charge is -2.25. The van der Waals surface area contributed by atoms with Gasteiger partial charge in [-0.05, 0) is 12.8 Å². The van der Waals surface area contributed by atoms with E-state index in [1.54, 1.807) is 0 Å². The van der Waals surface area contributed by atoms with E-state index < -0.39 is 12.0 Å². The summed E-state index contributed by atoms with van der Waals surface area (Å²) in [6, 6.07) is -0.141. The Labute approximate surface area is 84.9 Å². The van der Waals surface area contributed by atoms with Crippen LogP contribution >= 0.6 is 0 Å². The Kier molecular flexibility index (Phi) is 2.68. The fourth-order valence-corrected chi connectivity index (χ4v) is 1.79. The van der Waals surface area contributed by atoms with Crippen LogP contribution in [0.1, 0.15) is 24.7 Å². The maximum Gasteiger partial charge on any atom is 0.449 e. The van der Waals surface area contributed by atoms with Crippen LogP contribution in [0.4, 0.5) is 13.2 Å². The van der Waals surface area contributed by atoms with E-state index in [2.05, 4.69) is 4.98 Å². The molecule has 1 aliphatic rings. The molecule has 0 atom stereocenters. The second-order valence-corrected chi connectivity index (χ2v) is 3.50. The molecule has 0 amide bonds. The van der Waals surface area contributed by atoms with Gasteiger partial charge >= 0.3 is 6.18 Å². The average molecular weight is 220 g/mol. The van der Waals surface area contributed by atoms with E-state index >= 15 is 0 Å². The number of aromatic nitrogens is 2. The van der Waals surface area contributed by atoms with E-state index in [9.17, 15) is 13.2 Å². The van der Waals surface area contributed by atoms with Crippen molar-refractivity contribution < 1.29 is 17.9 Å². The molecule has 6 heteroatoms. The summed E-state index contributed by atoms with van der Waals surface area (Å²) < 4.78 is 43.9. The molecule has 0 bridgehead atoms. The van der Waals surface area contributed by atoms with Crippen LogP contribution in [-0.4, -0.2) is 22.8 Å². The summed E-state index contributed by atoms with van der Waals surface area (Å²) in [7, 11) is 0. The third-order valence-electron chi connectivity index (χ3n) is 2.51. The molecule has 1 aliphatic heterocycles. The summed E-state index contributed by atoms with van der Waals surface area (Å²) in [5.74, 6) is -0.811. The average Bonchev–Trinajstić information content (AvgIpc) is 2.67. The number of ether oxygens (including phenoxy) is 1. The first kappa shape index (κ1) is 10.5. The molecule has 0 unspecified atom stereocenters. The summed E-state index contributed by atoms with van der Waals surface area (Å²) in [6.45, 7) is 1.03. The second kappa shape index (κ2) is 3.84. The van der Waals surface area contributed by atoms with Crippen molar-refractivity contribution in [2.75, 3.05) is 13.2 Å². The molecule has 1 saturated heterocycles. The van der Waals surface area contributed by atoms with Gasteiger partial charge < -0.3 is 9.30 Å². The first-order valence-electron chi connectivity index (χ1n) is 4.77. The molecule has 0 aliphatic carbocycles. The van der Waals surface area contributed by atoms with E-state index in [4.69, 9.17) is 4.74 Å². The molecule has 0 saturated carbocycles. The fourth-order valence-electron chi connectivity index (χ4n) is 1.79. The zero-order chi connectivity index (χ0) is 10.9. The predicted molar refractivity (Wildman–Crippen MR) is 46.3 cm³/mol. The van der Waals surface area contributed by atoms with Gasteiger partial charge in [0.15, 0.2) is 0 Å². The van der Waals surface area contributed by atoms with Gasteiger partial charge in [-0.3, -0.25) is 0 Å². The maximum atomic E-state index is 12.5. The maximum absolute atomic E-state index is 12.5. The Bertz CT molecular complexity index is 328. The molecule has 0 aromatic carbocycles. The Morgan fingerprint density at radius 1 is 1.33 bits per heavy atom. The van der Waals surface area contributed by atoms with E-state index in [0.717, 1.165) is 0 Å². The summed E-state index contributed by atoms with van der Waals surface area (Å²) in [6.07, 6.45) is -0.572. The summed E-state index contributed by atoms with van der Waals surface area (Å²) in [4.78, 5) is 3.36. The van der Waals surface area contributed by atoms with Gasteiger partial charge in [0, 0.05) is 31.6 Å². The van der Waals surface area contributed by atoms with Crippen LogP contribution in [-0.2, 0) is 10.9 Å². The van der Waals surface area contributed by atoms with Crippen LogP contribution < -0.4 is 0 Å². The van der Waals surface area contributed by atoms with Crippen LogP contribution in [0, 0.1) is 0 Å². The highest BCUT2D eigenvalue weighted by Crippen LogP contribution is 2.32. The van der Waals surface area contributed by atoms with Gasteiger partial charge in [0.05, 0.1) is 0 Å². The highest BCUT2D eigenvalue weighted by molar-refractivity contribution is 4.99. The molecule has 0 spiro atoms. The minimum absolute atomic E-state index is 0.141. The highest BCUT2D eigenvalue weighted by Gasteiger charge is 2.37. The standard InChI is InChI=1S/C9H11F3N2O/c10-9(11,12)8-13-3-4-14(8)7-1-5-15-6-2-7/h3-4,7H,1-2,5-6H2. The molecule has 15 heavy (non-hydrogen) atoms. The van der Waals surface area contributed by atoms with Gasteiger partial charge in [-0.25, -0.2) is 4.98 Å². The van der Waals surface area contributed by atoms with Crippen molar-refractivity contribution in [2.45, 2.75) is 25.1 Å². The fraction of sp³-hybridized carbons (Fsp3) is 0.667. The van der Waals surface area contributed by atoms with Crippen molar-refractivity contribution >= 4 is 0 Å². The third-order valence-corrected chi connectivity index (χ3v) is 2.51. The van der Waals surface area contributed by atoms with E-state index in [-0.39, 0.29) is 6.04 Å². The van der Waals surface area contributed by atoms with Crippen molar-refractivity contribution in [1.29, 1.82) is 0 Å². The van der Waals surface area contributed by atoms with E-state index in [1.807, 2.05) is 0 Å². The molecule has 3 nitrogen and oxygen atoms in total. The molecule has 2 rings (SSSR count). The lowest BCUT2D eigenvalue weighted by Crippen LogP contribution is -2.24. The lowest BCUT2D eigenvalue weighted by atomic mass is 10.1. The van der Waals surface area contributed by atoms with Gasteiger partial charge in [-0.15, -0.1) is 0 Å². The van der Waals surface area contributed by atoms with Crippen LogP contribution in [0.15, 0.2) is 12.4 Å². The van der Waals surface area contributed by atoms with Crippen LogP contribution in [0.2, 0.25) is 0 Å². The quantitative estimate of drug-likeness (QED) is 0.725. The largest absolute Gasteiger partial charge is 0.449 e. The predicted octanol–water partition coefficient (Wildman–Crippen LogP) is 2.25. The molecule has 84 valence electrons. The second-order valence-electron chi connectivity index (χ2n) is 3.50. The normalized spacial score (nSPS) is 19.4. The van der Waals surface area contributed by atoms with Crippen LogP contribution in [0.5, 0.6) is 0 Å². The Morgan fingerprint density at radius 2 is 2.00 bits per heavy atom. The number of rotatable bonds is 1. The zero-order valence-corrected chi connectivity index (χ0v) is 8.00. The molecular formula is C9H11F3N2O. The molecule has 2 heterocycles. The first-order chi connectivity index (χ1) is 7.09. The summed E-state index contributed by atoms with van der Waals surface area (Å²) in [5, 5.41) is 0. The van der Waals surface area contributed by atoms with Crippen molar-refractivity contribution in [3.8, 4) is 0 Å². The van der Waals surface area contributed by atoms with Crippen molar-refractivity contribution in [3.63, 3.8) is 0 Å². The minimum Gasteiger partial charge on any atom is -0.381 e. The van der Waals surface area contributed by atoms with E-state index in [0.29, 0.717) is 26.1 Å². The number of imidazole rings is 1. The lowest BCUT2D eigenvalue weighted by molar-refractivity contribution is -0.148. The van der Waals surface area contributed by atoms with Gasteiger partial charge in [0.1, 0.15) is 0 Å². The molecule has 1 fully saturated rings. The van der Waals surface area contributed by atoms with Gasteiger partial charge in [0.2, 0.25) is 5.82 Å². The Hall–Kier alpha value is -1.04. The molecule has 1 aromatic heterocycles.